The fourth-order valence-corrected chi connectivity index (χ4v) is 2.78. The van der Waals surface area contributed by atoms with Crippen molar-refractivity contribution < 1.29 is 22.3 Å². The van der Waals surface area contributed by atoms with Crippen molar-refractivity contribution in [3.63, 3.8) is 0 Å². The van der Waals surface area contributed by atoms with Crippen LogP contribution in [0.2, 0.25) is 0 Å². The number of alkyl halides is 3. The number of pyridine rings is 1. The number of rotatable bonds is 6. The first kappa shape index (κ1) is 18.1. The Morgan fingerprint density at radius 3 is 2.54 bits per heavy atom. The van der Waals surface area contributed by atoms with Crippen LogP contribution in [0.5, 0.6) is 5.75 Å². The van der Waals surface area contributed by atoms with Crippen LogP contribution in [0.4, 0.5) is 13.2 Å². The van der Waals surface area contributed by atoms with Gasteiger partial charge in [-0.25, -0.2) is 9.66 Å². The van der Waals surface area contributed by atoms with E-state index < -0.39 is 6.36 Å². The summed E-state index contributed by atoms with van der Waals surface area (Å²) in [6.07, 6.45) is 0.912. The molecule has 1 aliphatic carbocycles. The highest BCUT2D eigenvalue weighted by atomic mass is 19.4. The van der Waals surface area contributed by atoms with E-state index in [0.717, 1.165) is 24.1 Å². The first-order valence-corrected chi connectivity index (χ1v) is 8.69. The van der Waals surface area contributed by atoms with E-state index >= 15 is 0 Å². The molecule has 2 aromatic heterocycles. The molecule has 0 saturated heterocycles. The minimum Gasteiger partial charge on any atom is -0.447 e. The maximum Gasteiger partial charge on any atom is 0.573 e. The molecule has 3 aromatic rings. The van der Waals surface area contributed by atoms with Crippen molar-refractivity contribution in [2.75, 3.05) is 5.43 Å². The lowest BCUT2D eigenvalue weighted by Crippen LogP contribution is -2.27. The second-order valence-electron chi connectivity index (χ2n) is 6.52. The average Bonchev–Trinajstić information content (AvgIpc) is 3.39. The summed E-state index contributed by atoms with van der Waals surface area (Å²) in [5, 5.41) is 8.02. The number of hydrogen-bond donors (Lipinski definition) is 2. The van der Waals surface area contributed by atoms with Gasteiger partial charge in [0.25, 0.3) is 0 Å². The standard InChI is InChI=1S/C19H17F3N4O2/c20-19(21,22)28-15-6-3-12(4-7-15)14-5-8-17(23)26(10-14)24-9-18-25-16(11-27-18)13-1-2-13/h3-8,10-11,13,23-24H,1-2,9H2. The van der Waals surface area contributed by atoms with Gasteiger partial charge in [0.05, 0.1) is 5.69 Å². The van der Waals surface area contributed by atoms with Crippen LogP contribution < -0.4 is 15.7 Å². The molecule has 6 nitrogen and oxygen atoms in total. The van der Waals surface area contributed by atoms with Gasteiger partial charge < -0.3 is 14.6 Å². The summed E-state index contributed by atoms with van der Waals surface area (Å²) in [6.45, 7) is 0.311. The second kappa shape index (κ2) is 7.06. The maximum absolute atomic E-state index is 12.3. The molecule has 0 radical (unpaired) electrons. The molecule has 0 aliphatic heterocycles. The summed E-state index contributed by atoms with van der Waals surface area (Å²) >= 11 is 0. The molecule has 1 aromatic carbocycles. The summed E-state index contributed by atoms with van der Waals surface area (Å²) in [4.78, 5) is 4.43. The van der Waals surface area contributed by atoms with E-state index in [9.17, 15) is 13.2 Å². The average molecular weight is 390 g/mol. The molecule has 146 valence electrons. The minimum atomic E-state index is -4.72. The monoisotopic (exact) mass is 390 g/mol. The number of nitrogens with zero attached hydrogens (tertiary/aromatic N) is 2. The lowest BCUT2D eigenvalue weighted by Gasteiger charge is -2.12. The lowest BCUT2D eigenvalue weighted by atomic mass is 10.1. The molecule has 0 amide bonds. The van der Waals surface area contributed by atoms with Gasteiger partial charge in [0.15, 0.2) is 0 Å². The minimum absolute atomic E-state index is 0.217. The molecule has 0 unspecified atom stereocenters. The predicted molar refractivity (Wildman–Crippen MR) is 93.9 cm³/mol. The van der Waals surface area contributed by atoms with Crippen molar-refractivity contribution in [2.45, 2.75) is 31.7 Å². The van der Waals surface area contributed by atoms with Crippen LogP contribution in [0.3, 0.4) is 0 Å². The van der Waals surface area contributed by atoms with Gasteiger partial charge in [0, 0.05) is 17.7 Å². The van der Waals surface area contributed by atoms with Crippen molar-refractivity contribution in [1.82, 2.24) is 9.66 Å². The van der Waals surface area contributed by atoms with Crippen LogP contribution >= 0.6 is 0 Å². The van der Waals surface area contributed by atoms with Crippen LogP contribution in [-0.2, 0) is 6.54 Å². The van der Waals surface area contributed by atoms with Crippen molar-refractivity contribution in [2.24, 2.45) is 0 Å². The van der Waals surface area contributed by atoms with Gasteiger partial charge in [0.1, 0.15) is 24.0 Å². The summed E-state index contributed by atoms with van der Waals surface area (Å²) in [6, 6.07) is 8.87. The van der Waals surface area contributed by atoms with Crippen LogP contribution in [0.1, 0.15) is 30.3 Å². The highest BCUT2D eigenvalue weighted by Crippen LogP contribution is 2.39. The Hall–Kier alpha value is -3.23. The predicted octanol–water partition coefficient (Wildman–Crippen LogP) is 4.14. The quantitative estimate of drug-likeness (QED) is 0.663. The lowest BCUT2D eigenvalue weighted by molar-refractivity contribution is -0.274. The van der Waals surface area contributed by atoms with Crippen molar-refractivity contribution in [3.05, 3.63) is 65.9 Å². The van der Waals surface area contributed by atoms with E-state index in [1.807, 2.05) is 0 Å². The Balaban J connectivity index is 1.47. The van der Waals surface area contributed by atoms with E-state index in [1.54, 1.807) is 24.6 Å². The van der Waals surface area contributed by atoms with Crippen molar-refractivity contribution in [3.8, 4) is 16.9 Å². The molecule has 2 heterocycles. The molecule has 2 N–H and O–H groups in total. The van der Waals surface area contributed by atoms with Crippen LogP contribution in [-0.4, -0.2) is 16.0 Å². The van der Waals surface area contributed by atoms with E-state index in [-0.39, 0.29) is 11.2 Å². The number of halogens is 3. The Morgan fingerprint density at radius 2 is 1.86 bits per heavy atom. The summed E-state index contributed by atoms with van der Waals surface area (Å²) in [7, 11) is 0. The molecular weight excluding hydrogens is 373 g/mol. The Kier molecular flexibility index (Phi) is 4.58. The van der Waals surface area contributed by atoms with E-state index in [4.69, 9.17) is 9.83 Å². The molecule has 1 aliphatic rings. The first-order valence-electron chi connectivity index (χ1n) is 8.69. The smallest absolute Gasteiger partial charge is 0.447 e. The Bertz CT molecular complexity index is 1020. The third kappa shape index (κ3) is 4.36. The third-order valence-corrected chi connectivity index (χ3v) is 4.34. The zero-order valence-electron chi connectivity index (χ0n) is 14.7. The molecule has 9 heteroatoms. The Morgan fingerprint density at radius 1 is 1.14 bits per heavy atom. The molecule has 0 bridgehead atoms. The molecule has 1 fully saturated rings. The van der Waals surface area contributed by atoms with E-state index in [0.29, 0.717) is 23.9 Å². The fraction of sp³-hybridized carbons (Fsp3) is 0.263. The van der Waals surface area contributed by atoms with Crippen molar-refractivity contribution in [1.29, 1.82) is 5.41 Å². The molecule has 0 spiro atoms. The topological polar surface area (TPSA) is 76.1 Å². The molecule has 1 saturated carbocycles. The zero-order valence-corrected chi connectivity index (χ0v) is 14.7. The van der Waals surface area contributed by atoms with Gasteiger partial charge in [0.2, 0.25) is 5.89 Å². The number of oxazole rings is 1. The maximum atomic E-state index is 12.3. The van der Waals surface area contributed by atoms with Crippen molar-refractivity contribution >= 4 is 0 Å². The largest absolute Gasteiger partial charge is 0.573 e. The van der Waals surface area contributed by atoms with E-state index in [2.05, 4.69) is 15.1 Å². The zero-order chi connectivity index (χ0) is 19.7. The highest BCUT2D eigenvalue weighted by molar-refractivity contribution is 5.63. The van der Waals surface area contributed by atoms with Gasteiger partial charge in [-0.3, -0.25) is 5.41 Å². The number of hydrogen-bond acceptors (Lipinski definition) is 5. The molecule has 4 rings (SSSR count). The summed E-state index contributed by atoms with van der Waals surface area (Å²) in [5.41, 5.74) is 5.65. The number of aromatic nitrogens is 2. The first-order chi connectivity index (χ1) is 13.4. The highest BCUT2D eigenvalue weighted by Gasteiger charge is 2.31. The fourth-order valence-electron chi connectivity index (χ4n) is 2.78. The van der Waals surface area contributed by atoms with Gasteiger partial charge in [-0.05, 0) is 42.7 Å². The molecule has 28 heavy (non-hydrogen) atoms. The molecule has 0 atom stereocenters. The van der Waals surface area contributed by atoms with Gasteiger partial charge in [-0.2, -0.15) is 0 Å². The van der Waals surface area contributed by atoms with E-state index in [1.165, 1.54) is 28.9 Å². The summed E-state index contributed by atoms with van der Waals surface area (Å²) < 4.78 is 47.6. The normalized spacial score (nSPS) is 14.1. The SMILES string of the molecule is N=c1ccc(-c2ccc(OC(F)(F)F)cc2)cn1NCc1nc(C2CC2)co1. The second-order valence-corrected chi connectivity index (χ2v) is 6.52. The Labute approximate surface area is 158 Å². The third-order valence-electron chi connectivity index (χ3n) is 4.34. The summed E-state index contributed by atoms with van der Waals surface area (Å²) in [5.74, 6) is 0.757. The van der Waals surface area contributed by atoms with Crippen LogP contribution in [0.15, 0.2) is 53.3 Å². The van der Waals surface area contributed by atoms with Crippen LogP contribution in [0.25, 0.3) is 11.1 Å². The number of ether oxygens (including phenoxy) is 1. The van der Waals surface area contributed by atoms with Gasteiger partial charge >= 0.3 is 6.36 Å². The number of benzene rings is 1. The van der Waals surface area contributed by atoms with Crippen LogP contribution in [0, 0.1) is 5.41 Å². The number of nitrogens with one attached hydrogen (secondary N) is 2. The van der Waals surface area contributed by atoms with Gasteiger partial charge in [-0.15, -0.1) is 13.2 Å². The molecular formula is C19H17F3N4O2. The van der Waals surface area contributed by atoms with Gasteiger partial charge in [-0.1, -0.05) is 12.1 Å².